The van der Waals surface area contributed by atoms with Crippen molar-refractivity contribution in [3.05, 3.63) is 77.1 Å². The summed E-state index contributed by atoms with van der Waals surface area (Å²) in [5, 5.41) is 12.8. The lowest BCUT2D eigenvalue weighted by molar-refractivity contribution is 0.222. The van der Waals surface area contributed by atoms with Crippen molar-refractivity contribution in [3.8, 4) is 0 Å². The van der Waals surface area contributed by atoms with Crippen molar-refractivity contribution in [3.63, 3.8) is 0 Å². The average Bonchev–Trinajstić information content (AvgIpc) is 2.49. The lowest BCUT2D eigenvalue weighted by atomic mass is 9.95. The minimum atomic E-state index is -0.611. The van der Waals surface area contributed by atoms with Gasteiger partial charge in [0, 0.05) is 17.8 Å². The van der Waals surface area contributed by atoms with E-state index >= 15 is 0 Å². The molecule has 0 fully saturated rings. The van der Waals surface area contributed by atoms with Gasteiger partial charge in [-0.3, -0.25) is 4.98 Å². The Morgan fingerprint density at radius 2 is 1.85 bits per heavy atom. The molecular weight excluding hydrogens is 246 g/mol. The molecule has 0 aliphatic carbocycles. The predicted octanol–water partition coefficient (Wildman–Crippen LogP) is 3.93. The maximum Gasteiger partial charge on any atom is 0.105 e. The lowest BCUT2D eigenvalue weighted by Gasteiger charge is -2.15. The van der Waals surface area contributed by atoms with Crippen molar-refractivity contribution in [2.75, 3.05) is 0 Å². The summed E-state index contributed by atoms with van der Waals surface area (Å²) >= 11 is 0. The Bertz CT molecular complexity index is 759. The molecule has 1 unspecified atom stereocenters. The third kappa shape index (κ3) is 2.19. The Kier molecular flexibility index (Phi) is 3.25. The fraction of sp³-hybridized carbons (Fsp3) is 0.167. The molecule has 3 aromatic rings. The zero-order valence-corrected chi connectivity index (χ0v) is 11.7. The van der Waals surface area contributed by atoms with Crippen LogP contribution >= 0.6 is 0 Å². The molecule has 2 nitrogen and oxygen atoms in total. The number of aryl methyl sites for hydroxylation is 2. The Morgan fingerprint density at radius 1 is 1.00 bits per heavy atom. The van der Waals surface area contributed by atoms with Crippen molar-refractivity contribution in [2.24, 2.45) is 0 Å². The highest BCUT2D eigenvalue weighted by Crippen LogP contribution is 2.29. The Morgan fingerprint density at radius 3 is 2.65 bits per heavy atom. The van der Waals surface area contributed by atoms with Crippen molar-refractivity contribution in [1.29, 1.82) is 0 Å². The van der Waals surface area contributed by atoms with E-state index in [-0.39, 0.29) is 0 Å². The molecule has 20 heavy (non-hydrogen) atoms. The van der Waals surface area contributed by atoms with Crippen LogP contribution in [0.5, 0.6) is 0 Å². The molecule has 0 aliphatic heterocycles. The Hall–Kier alpha value is -2.19. The van der Waals surface area contributed by atoms with Gasteiger partial charge in [0.1, 0.15) is 6.10 Å². The molecule has 1 aromatic heterocycles. The van der Waals surface area contributed by atoms with Gasteiger partial charge in [0.25, 0.3) is 0 Å². The summed E-state index contributed by atoms with van der Waals surface area (Å²) in [5.74, 6) is 0. The van der Waals surface area contributed by atoms with E-state index in [0.29, 0.717) is 0 Å². The largest absolute Gasteiger partial charge is 0.384 e. The van der Waals surface area contributed by atoms with E-state index < -0.39 is 6.10 Å². The van der Waals surface area contributed by atoms with Crippen LogP contribution in [0.3, 0.4) is 0 Å². The molecule has 0 spiro atoms. The molecule has 100 valence electrons. The number of aromatic nitrogens is 1. The van der Waals surface area contributed by atoms with E-state index in [1.807, 2.05) is 36.5 Å². The van der Waals surface area contributed by atoms with Crippen LogP contribution in [0.1, 0.15) is 28.4 Å². The first-order valence-electron chi connectivity index (χ1n) is 6.74. The van der Waals surface area contributed by atoms with Gasteiger partial charge in [-0.1, -0.05) is 36.4 Å². The summed E-state index contributed by atoms with van der Waals surface area (Å²) in [5.41, 5.74) is 4.29. The predicted molar refractivity (Wildman–Crippen MR) is 81.7 cm³/mol. The van der Waals surface area contributed by atoms with E-state index in [1.165, 1.54) is 11.1 Å². The summed E-state index contributed by atoms with van der Waals surface area (Å²) in [7, 11) is 0. The lowest BCUT2D eigenvalue weighted by Crippen LogP contribution is -2.01. The van der Waals surface area contributed by atoms with Gasteiger partial charge >= 0.3 is 0 Å². The second-order valence-electron chi connectivity index (χ2n) is 5.19. The van der Waals surface area contributed by atoms with Crippen LogP contribution in [0.2, 0.25) is 0 Å². The van der Waals surface area contributed by atoms with Gasteiger partial charge in [-0.2, -0.15) is 0 Å². The maximum absolute atomic E-state index is 10.7. The van der Waals surface area contributed by atoms with Crippen molar-refractivity contribution in [1.82, 2.24) is 4.98 Å². The van der Waals surface area contributed by atoms with Gasteiger partial charge < -0.3 is 5.11 Å². The van der Waals surface area contributed by atoms with Crippen LogP contribution in [-0.4, -0.2) is 10.1 Å². The first-order chi connectivity index (χ1) is 9.66. The van der Waals surface area contributed by atoms with Crippen LogP contribution < -0.4 is 0 Å². The van der Waals surface area contributed by atoms with Crippen molar-refractivity contribution < 1.29 is 5.11 Å². The highest BCUT2D eigenvalue weighted by Gasteiger charge is 2.13. The van der Waals surface area contributed by atoms with Crippen LogP contribution in [-0.2, 0) is 0 Å². The molecule has 1 atom stereocenters. The molecule has 0 radical (unpaired) electrons. The third-order valence-electron chi connectivity index (χ3n) is 3.86. The number of benzene rings is 2. The quantitative estimate of drug-likeness (QED) is 0.760. The SMILES string of the molecule is Cc1ccc(C(O)c2cccc3cnccc23)cc1C. The topological polar surface area (TPSA) is 33.1 Å². The zero-order chi connectivity index (χ0) is 14.1. The number of aliphatic hydroxyl groups excluding tert-OH is 1. The molecule has 0 bridgehead atoms. The van der Waals surface area contributed by atoms with Crippen molar-refractivity contribution >= 4 is 10.8 Å². The van der Waals surface area contributed by atoms with Crippen LogP contribution in [0, 0.1) is 13.8 Å². The number of nitrogens with zero attached hydrogens (tertiary/aromatic N) is 1. The van der Waals surface area contributed by atoms with E-state index in [1.54, 1.807) is 6.20 Å². The molecule has 0 saturated heterocycles. The summed E-state index contributed by atoms with van der Waals surface area (Å²) < 4.78 is 0. The second kappa shape index (κ2) is 5.06. The highest BCUT2D eigenvalue weighted by molar-refractivity contribution is 5.85. The van der Waals surface area contributed by atoms with Gasteiger partial charge in [0.2, 0.25) is 0 Å². The molecule has 2 heteroatoms. The van der Waals surface area contributed by atoms with Crippen LogP contribution in [0.25, 0.3) is 10.8 Å². The highest BCUT2D eigenvalue weighted by atomic mass is 16.3. The number of fused-ring (bicyclic) bond motifs is 1. The number of aliphatic hydroxyl groups is 1. The first kappa shape index (κ1) is 12.8. The van der Waals surface area contributed by atoms with Crippen LogP contribution in [0.4, 0.5) is 0 Å². The molecule has 3 rings (SSSR count). The molecule has 0 saturated carbocycles. The molecular formula is C18H17NO. The third-order valence-corrected chi connectivity index (χ3v) is 3.86. The molecule has 1 heterocycles. The van der Waals surface area contributed by atoms with Gasteiger partial charge in [-0.05, 0) is 47.6 Å². The molecule has 0 aliphatic rings. The van der Waals surface area contributed by atoms with E-state index in [9.17, 15) is 5.11 Å². The normalized spacial score (nSPS) is 12.6. The average molecular weight is 263 g/mol. The second-order valence-corrected chi connectivity index (χ2v) is 5.19. The van der Waals surface area contributed by atoms with Crippen LogP contribution in [0.15, 0.2) is 54.9 Å². The standard InChI is InChI=1S/C18H17NO/c1-12-6-7-14(10-13(12)2)18(20)17-5-3-4-15-11-19-9-8-16(15)17/h3-11,18,20H,1-2H3. The Balaban J connectivity index is 2.12. The molecule has 1 N–H and O–H groups in total. The smallest absolute Gasteiger partial charge is 0.105 e. The summed E-state index contributed by atoms with van der Waals surface area (Å²) in [6.07, 6.45) is 2.98. The fourth-order valence-electron chi connectivity index (χ4n) is 2.50. The van der Waals surface area contributed by atoms with Gasteiger partial charge in [-0.25, -0.2) is 0 Å². The van der Waals surface area contributed by atoms with Gasteiger partial charge in [-0.15, -0.1) is 0 Å². The van der Waals surface area contributed by atoms with Gasteiger partial charge in [0.15, 0.2) is 0 Å². The maximum atomic E-state index is 10.7. The monoisotopic (exact) mass is 263 g/mol. The summed E-state index contributed by atoms with van der Waals surface area (Å²) in [4.78, 5) is 4.13. The minimum Gasteiger partial charge on any atom is -0.384 e. The summed E-state index contributed by atoms with van der Waals surface area (Å²) in [6.45, 7) is 4.15. The molecule has 2 aromatic carbocycles. The Labute approximate surface area is 118 Å². The number of hydrogen-bond acceptors (Lipinski definition) is 2. The van der Waals surface area contributed by atoms with E-state index in [4.69, 9.17) is 0 Å². The first-order valence-corrected chi connectivity index (χ1v) is 6.74. The molecule has 0 amide bonds. The number of hydrogen-bond donors (Lipinski definition) is 1. The number of rotatable bonds is 2. The number of pyridine rings is 1. The van der Waals surface area contributed by atoms with Crippen molar-refractivity contribution in [2.45, 2.75) is 20.0 Å². The fourth-order valence-corrected chi connectivity index (χ4v) is 2.50. The minimum absolute atomic E-state index is 0.611. The summed E-state index contributed by atoms with van der Waals surface area (Å²) in [6, 6.07) is 14.0. The van der Waals surface area contributed by atoms with Gasteiger partial charge in [0.05, 0.1) is 0 Å². The zero-order valence-electron chi connectivity index (χ0n) is 11.7. The van der Waals surface area contributed by atoms with E-state index in [2.05, 4.69) is 31.0 Å². The van der Waals surface area contributed by atoms with E-state index in [0.717, 1.165) is 21.9 Å².